The van der Waals surface area contributed by atoms with Gasteiger partial charge >= 0.3 is 7.60 Å². The van der Waals surface area contributed by atoms with E-state index in [1.165, 1.54) is 38.5 Å². The molecule has 0 aliphatic heterocycles. The largest absolute Gasteiger partial charge is 0.331 e. The minimum Gasteiger partial charge on any atom is -0.306 e. The Balaban J connectivity index is 4.34. The Morgan fingerprint density at radius 1 is 0.667 bits per heavy atom. The monoisotopic (exact) mass is 362 g/mol. The second-order valence-electron chi connectivity index (χ2n) is 7.22. The van der Waals surface area contributed by atoms with Gasteiger partial charge in [-0.25, -0.2) is 0 Å². The van der Waals surface area contributed by atoms with Crippen LogP contribution in [0.5, 0.6) is 0 Å². The second-order valence-corrected chi connectivity index (χ2v) is 9.31. The summed E-state index contributed by atoms with van der Waals surface area (Å²) >= 11 is 0. The number of rotatable bonds is 17. The Morgan fingerprint density at radius 3 is 1.46 bits per heavy atom. The fraction of sp³-hybridized carbons (Fsp3) is 1.00. The Bertz CT molecular complexity index is 296. The molecule has 0 aromatic rings. The summed E-state index contributed by atoms with van der Waals surface area (Å²) in [5, 5.41) is 0. The van der Waals surface area contributed by atoms with Gasteiger partial charge in [0.1, 0.15) is 0 Å². The minimum absolute atomic E-state index is 0.0248. The fourth-order valence-electron chi connectivity index (χ4n) is 2.85. The van der Waals surface area contributed by atoms with E-state index < -0.39 is 7.60 Å². The van der Waals surface area contributed by atoms with Crippen LogP contribution < -0.4 is 0 Å². The average molecular weight is 363 g/mol. The lowest BCUT2D eigenvalue weighted by Crippen LogP contribution is -2.14. The first-order valence-corrected chi connectivity index (χ1v) is 12.2. The first-order chi connectivity index (χ1) is 11.5. The van der Waals surface area contributed by atoms with Gasteiger partial charge in [-0.2, -0.15) is 0 Å². The van der Waals surface area contributed by atoms with Crippen LogP contribution in [0.3, 0.4) is 0 Å². The molecule has 0 saturated heterocycles. The summed E-state index contributed by atoms with van der Waals surface area (Å²) in [7, 11) is -2.96. The molecular formula is C20H43O3P. The molecule has 3 nitrogen and oxygen atoms in total. The van der Waals surface area contributed by atoms with Gasteiger partial charge in [-0.15, -0.1) is 0 Å². The van der Waals surface area contributed by atoms with Gasteiger partial charge in [-0.05, 0) is 33.1 Å². The molecule has 4 heteroatoms. The summed E-state index contributed by atoms with van der Waals surface area (Å²) in [5.41, 5.74) is 0. The summed E-state index contributed by atoms with van der Waals surface area (Å²) in [5.74, 6) is 0. The van der Waals surface area contributed by atoms with Gasteiger partial charge in [0.25, 0.3) is 0 Å². The lowest BCUT2D eigenvalue weighted by molar-refractivity contribution is 0.116. The summed E-state index contributed by atoms with van der Waals surface area (Å²) in [6, 6.07) is 0. The number of unbranched alkanes of at least 4 members (excludes halogenated alkanes) is 7. The molecule has 0 heterocycles. The van der Waals surface area contributed by atoms with Crippen LogP contribution in [-0.2, 0) is 13.6 Å². The fourth-order valence-corrected chi connectivity index (χ4v) is 5.12. The first-order valence-electron chi connectivity index (χ1n) is 10.4. The molecule has 0 aliphatic carbocycles. The predicted molar refractivity (Wildman–Crippen MR) is 106 cm³/mol. The van der Waals surface area contributed by atoms with Crippen LogP contribution in [0.25, 0.3) is 0 Å². The highest BCUT2D eigenvalue weighted by atomic mass is 31.2. The molecule has 0 aromatic heterocycles. The van der Waals surface area contributed by atoms with Crippen molar-refractivity contribution >= 4 is 7.60 Å². The van der Waals surface area contributed by atoms with Crippen molar-refractivity contribution < 1.29 is 13.6 Å². The van der Waals surface area contributed by atoms with E-state index in [-0.39, 0.29) is 12.2 Å². The van der Waals surface area contributed by atoms with Crippen molar-refractivity contribution in [1.82, 2.24) is 0 Å². The summed E-state index contributed by atoms with van der Waals surface area (Å²) < 4.78 is 25.0. The molecule has 0 N–H and O–H groups in total. The van der Waals surface area contributed by atoms with E-state index in [1.54, 1.807) is 0 Å². The SMILES string of the molecule is CCCCCCC(C)OP(=O)(CCCC)OC(C)CCCCCC. The second kappa shape index (κ2) is 15.4. The van der Waals surface area contributed by atoms with Gasteiger partial charge in [0.15, 0.2) is 0 Å². The molecule has 0 spiro atoms. The number of hydrogen-bond donors (Lipinski definition) is 0. The quantitative estimate of drug-likeness (QED) is 0.196. The molecule has 0 aromatic carbocycles. The summed E-state index contributed by atoms with van der Waals surface area (Å²) in [6.07, 6.45) is 14.3. The van der Waals surface area contributed by atoms with E-state index in [2.05, 4.69) is 20.8 Å². The van der Waals surface area contributed by atoms with Gasteiger partial charge in [-0.1, -0.05) is 78.6 Å². The summed E-state index contributed by atoms with van der Waals surface area (Å²) in [4.78, 5) is 0. The molecule has 0 radical (unpaired) electrons. The van der Waals surface area contributed by atoms with E-state index in [0.29, 0.717) is 6.16 Å². The maximum absolute atomic E-state index is 13.1. The molecule has 0 aliphatic rings. The Morgan fingerprint density at radius 2 is 1.08 bits per heavy atom. The topological polar surface area (TPSA) is 35.5 Å². The Kier molecular flexibility index (Phi) is 15.5. The van der Waals surface area contributed by atoms with Gasteiger partial charge in [0.05, 0.1) is 18.4 Å². The normalized spacial score (nSPS) is 16.7. The maximum atomic E-state index is 13.1. The lowest BCUT2D eigenvalue weighted by Gasteiger charge is -2.25. The van der Waals surface area contributed by atoms with Crippen LogP contribution in [0.1, 0.15) is 112 Å². The third-order valence-corrected chi connectivity index (χ3v) is 6.62. The molecule has 24 heavy (non-hydrogen) atoms. The highest BCUT2D eigenvalue weighted by Crippen LogP contribution is 2.52. The third kappa shape index (κ3) is 13.4. The van der Waals surface area contributed by atoms with Crippen LogP contribution >= 0.6 is 7.60 Å². The first kappa shape index (κ1) is 24.1. The highest BCUT2D eigenvalue weighted by Gasteiger charge is 2.28. The maximum Gasteiger partial charge on any atom is 0.331 e. The summed E-state index contributed by atoms with van der Waals surface area (Å²) in [6.45, 7) is 10.6. The smallest absolute Gasteiger partial charge is 0.306 e. The zero-order chi connectivity index (χ0) is 18.3. The zero-order valence-corrected chi connectivity index (χ0v) is 17.9. The molecule has 2 atom stereocenters. The van der Waals surface area contributed by atoms with Crippen LogP contribution in [-0.4, -0.2) is 18.4 Å². The molecule has 0 fully saturated rings. The van der Waals surface area contributed by atoms with E-state index in [1.807, 2.05) is 13.8 Å². The van der Waals surface area contributed by atoms with Gasteiger partial charge in [0.2, 0.25) is 0 Å². The lowest BCUT2D eigenvalue weighted by atomic mass is 10.1. The Hall–Kier alpha value is 0.150. The third-order valence-electron chi connectivity index (χ3n) is 4.40. The van der Waals surface area contributed by atoms with Crippen molar-refractivity contribution in [2.45, 2.75) is 124 Å². The zero-order valence-electron chi connectivity index (χ0n) is 17.0. The molecular weight excluding hydrogens is 319 g/mol. The molecule has 2 unspecified atom stereocenters. The molecule has 0 rings (SSSR count). The average Bonchev–Trinajstić information content (AvgIpc) is 2.53. The van der Waals surface area contributed by atoms with E-state index in [4.69, 9.17) is 9.05 Å². The van der Waals surface area contributed by atoms with Crippen LogP contribution in [0.2, 0.25) is 0 Å². The Labute approximate surface area is 151 Å². The van der Waals surface area contributed by atoms with Crippen molar-refractivity contribution in [3.8, 4) is 0 Å². The van der Waals surface area contributed by atoms with Gasteiger partial charge < -0.3 is 9.05 Å². The van der Waals surface area contributed by atoms with Crippen molar-refractivity contribution in [3.05, 3.63) is 0 Å². The molecule has 0 saturated carbocycles. The highest BCUT2D eigenvalue weighted by molar-refractivity contribution is 7.53. The molecule has 146 valence electrons. The van der Waals surface area contributed by atoms with Crippen LogP contribution in [0.4, 0.5) is 0 Å². The van der Waals surface area contributed by atoms with Crippen LogP contribution in [0.15, 0.2) is 0 Å². The standard InChI is InChI=1S/C20H43O3P/c1-6-9-12-14-16-19(4)22-24(21,18-11-8-3)23-20(5)17-15-13-10-7-2/h19-20H,6-18H2,1-5H3. The van der Waals surface area contributed by atoms with Crippen LogP contribution in [0, 0.1) is 0 Å². The van der Waals surface area contributed by atoms with Crippen molar-refractivity contribution in [2.75, 3.05) is 6.16 Å². The van der Waals surface area contributed by atoms with Gasteiger partial charge in [-0.3, -0.25) is 4.57 Å². The van der Waals surface area contributed by atoms with Crippen molar-refractivity contribution in [2.24, 2.45) is 0 Å². The molecule has 0 bridgehead atoms. The number of hydrogen-bond acceptors (Lipinski definition) is 3. The minimum atomic E-state index is -2.96. The van der Waals surface area contributed by atoms with E-state index in [9.17, 15) is 4.57 Å². The van der Waals surface area contributed by atoms with E-state index >= 15 is 0 Å². The van der Waals surface area contributed by atoms with E-state index in [0.717, 1.165) is 38.5 Å². The van der Waals surface area contributed by atoms with Gasteiger partial charge in [0, 0.05) is 0 Å². The molecule has 0 amide bonds. The van der Waals surface area contributed by atoms with Crippen molar-refractivity contribution in [1.29, 1.82) is 0 Å². The predicted octanol–water partition coefficient (Wildman–Crippen LogP) is 7.73. The van der Waals surface area contributed by atoms with Crippen molar-refractivity contribution in [3.63, 3.8) is 0 Å².